The molecule has 0 fully saturated rings. The zero-order valence-electron chi connectivity index (χ0n) is 23.2. The fraction of sp³-hybridized carbons (Fsp3) is 0.500. The van der Waals surface area contributed by atoms with Crippen LogP contribution in [0.5, 0.6) is 0 Å². The topological polar surface area (TPSA) is 67.2 Å². The van der Waals surface area contributed by atoms with Crippen LogP contribution in [0.1, 0.15) is 91.7 Å². The van der Waals surface area contributed by atoms with Crippen LogP contribution in [0, 0.1) is 26.7 Å². The monoisotopic (exact) mass is 503 g/mol. The van der Waals surface area contributed by atoms with E-state index in [4.69, 9.17) is 5.10 Å². The van der Waals surface area contributed by atoms with Crippen molar-refractivity contribution in [2.24, 2.45) is 5.92 Å². The molecule has 2 N–H and O–H groups in total. The van der Waals surface area contributed by atoms with Gasteiger partial charge in [-0.05, 0) is 63.6 Å². The molecule has 5 heteroatoms. The number of hydrogen-bond acceptors (Lipinski definition) is 3. The molecule has 2 unspecified atom stereocenters. The Morgan fingerprint density at radius 3 is 2.43 bits per heavy atom. The number of hydrogen-bond donors (Lipinski definition) is 2. The number of aryl methyl sites for hydroxylation is 2. The molecule has 0 aliphatic rings. The average Bonchev–Trinajstić information content (AvgIpc) is 3.14. The van der Waals surface area contributed by atoms with Gasteiger partial charge in [0.05, 0.1) is 12.1 Å². The van der Waals surface area contributed by atoms with Crippen molar-refractivity contribution in [3.8, 4) is 0 Å². The minimum atomic E-state index is -0.825. The second kappa shape index (κ2) is 14.7. The number of rotatable bonds is 16. The van der Waals surface area contributed by atoms with Crippen molar-refractivity contribution in [2.75, 3.05) is 6.54 Å². The SMILES string of the molecule is CCCCCCC(CCCNC(c1cccc(C)c1)n1nc(C)c(CC(=O)O)c1C)Cc1ccccc1. The van der Waals surface area contributed by atoms with Crippen molar-refractivity contribution in [1.82, 2.24) is 15.1 Å². The van der Waals surface area contributed by atoms with E-state index in [-0.39, 0.29) is 12.6 Å². The van der Waals surface area contributed by atoms with E-state index in [9.17, 15) is 9.90 Å². The maximum absolute atomic E-state index is 11.4. The molecule has 5 nitrogen and oxygen atoms in total. The lowest BCUT2D eigenvalue weighted by Crippen LogP contribution is -2.30. The van der Waals surface area contributed by atoms with Crippen LogP contribution in [0.2, 0.25) is 0 Å². The maximum Gasteiger partial charge on any atom is 0.307 e. The Hall–Kier alpha value is -2.92. The van der Waals surface area contributed by atoms with Gasteiger partial charge in [0.2, 0.25) is 0 Å². The Labute approximate surface area is 223 Å². The van der Waals surface area contributed by atoms with Gasteiger partial charge in [-0.15, -0.1) is 0 Å². The molecule has 2 atom stereocenters. The van der Waals surface area contributed by atoms with Crippen LogP contribution in [0.4, 0.5) is 0 Å². The van der Waals surface area contributed by atoms with Gasteiger partial charge in [-0.2, -0.15) is 5.10 Å². The molecular weight excluding hydrogens is 458 g/mol. The number of unbranched alkanes of at least 4 members (excludes halogenated alkanes) is 3. The highest BCUT2D eigenvalue weighted by molar-refractivity contribution is 5.71. The van der Waals surface area contributed by atoms with Crippen molar-refractivity contribution >= 4 is 5.97 Å². The third-order valence-electron chi connectivity index (χ3n) is 7.37. The van der Waals surface area contributed by atoms with Crippen LogP contribution >= 0.6 is 0 Å². The lowest BCUT2D eigenvalue weighted by Gasteiger charge is -2.23. The van der Waals surface area contributed by atoms with Crippen molar-refractivity contribution in [1.29, 1.82) is 0 Å². The third-order valence-corrected chi connectivity index (χ3v) is 7.37. The van der Waals surface area contributed by atoms with Crippen LogP contribution in [0.15, 0.2) is 54.6 Å². The van der Waals surface area contributed by atoms with Gasteiger partial charge in [0.15, 0.2) is 0 Å². The first-order chi connectivity index (χ1) is 17.9. The van der Waals surface area contributed by atoms with Gasteiger partial charge in [-0.1, -0.05) is 99.2 Å². The standard InChI is InChI=1S/C32H45N3O2/c1-5-6-7-9-15-28(22-27-16-10-8-11-17-27)18-13-20-33-32(29-19-12-14-24(2)21-29)35-26(4)30(23-31(36)37)25(3)34-35/h8,10-12,14,16-17,19,21,28,32-33H,5-7,9,13,15,18,20,22-23H2,1-4H3,(H,36,37). The highest BCUT2D eigenvalue weighted by atomic mass is 16.4. The van der Waals surface area contributed by atoms with Crippen LogP contribution in [0.3, 0.4) is 0 Å². The number of carboxylic acids is 1. The molecule has 0 aliphatic heterocycles. The fourth-order valence-electron chi connectivity index (χ4n) is 5.33. The van der Waals surface area contributed by atoms with Gasteiger partial charge < -0.3 is 5.11 Å². The van der Waals surface area contributed by atoms with E-state index in [2.05, 4.69) is 73.8 Å². The molecule has 1 aromatic heterocycles. The van der Waals surface area contributed by atoms with E-state index in [1.165, 1.54) is 49.7 Å². The molecule has 0 spiro atoms. The summed E-state index contributed by atoms with van der Waals surface area (Å²) in [6.45, 7) is 9.14. The van der Waals surface area contributed by atoms with Gasteiger partial charge in [0.1, 0.15) is 6.17 Å². The molecule has 0 bridgehead atoms. The summed E-state index contributed by atoms with van der Waals surface area (Å²) in [5.41, 5.74) is 6.29. The predicted octanol–water partition coefficient (Wildman–Crippen LogP) is 7.18. The Bertz CT molecular complexity index is 1110. The molecule has 37 heavy (non-hydrogen) atoms. The van der Waals surface area contributed by atoms with Gasteiger partial charge in [0, 0.05) is 11.3 Å². The quantitative estimate of drug-likeness (QED) is 0.203. The Morgan fingerprint density at radius 1 is 0.973 bits per heavy atom. The number of aliphatic carboxylic acids is 1. The molecular formula is C32H45N3O2. The minimum absolute atomic E-state index is 0.00258. The molecule has 0 aliphatic carbocycles. The maximum atomic E-state index is 11.4. The summed E-state index contributed by atoms with van der Waals surface area (Å²) in [6, 6.07) is 19.4. The number of benzene rings is 2. The summed E-state index contributed by atoms with van der Waals surface area (Å²) >= 11 is 0. The summed E-state index contributed by atoms with van der Waals surface area (Å²) < 4.78 is 1.98. The largest absolute Gasteiger partial charge is 0.481 e. The van der Waals surface area contributed by atoms with E-state index in [1.807, 2.05) is 18.5 Å². The second-order valence-electron chi connectivity index (χ2n) is 10.5. The Kier molecular flexibility index (Phi) is 11.4. The molecule has 0 saturated heterocycles. The van der Waals surface area contributed by atoms with Crippen molar-refractivity contribution < 1.29 is 9.90 Å². The van der Waals surface area contributed by atoms with Gasteiger partial charge in [0.25, 0.3) is 0 Å². The third kappa shape index (κ3) is 8.85. The van der Waals surface area contributed by atoms with Crippen molar-refractivity contribution in [2.45, 2.75) is 91.6 Å². The van der Waals surface area contributed by atoms with Crippen LogP contribution < -0.4 is 5.32 Å². The first kappa shape index (κ1) is 28.6. The first-order valence-corrected chi connectivity index (χ1v) is 14.0. The van der Waals surface area contributed by atoms with Crippen LogP contribution in [-0.4, -0.2) is 27.4 Å². The summed E-state index contributed by atoms with van der Waals surface area (Å²) in [6.07, 6.45) is 9.81. The molecule has 200 valence electrons. The van der Waals surface area contributed by atoms with Crippen LogP contribution in [0.25, 0.3) is 0 Å². The normalized spacial score (nSPS) is 13.0. The van der Waals surface area contributed by atoms with Crippen LogP contribution in [-0.2, 0) is 17.6 Å². The summed E-state index contributed by atoms with van der Waals surface area (Å²) in [5, 5.41) is 17.9. The molecule has 0 amide bonds. The smallest absolute Gasteiger partial charge is 0.307 e. The Morgan fingerprint density at radius 2 is 1.73 bits per heavy atom. The second-order valence-corrected chi connectivity index (χ2v) is 10.5. The zero-order valence-corrected chi connectivity index (χ0v) is 23.2. The number of nitrogens with one attached hydrogen (secondary N) is 1. The summed E-state index contributed by atoms with van der Waals surface area (Å²) in [7, 11) is 0. The molecule has 2 aromatic carbocycles. The molecule has 3 aromatic rings. The van der Waals surface area contributed by atoms with E-state index in [0.29, 0.717) is 5.92 Å². The van der Waals surface area contributed by atoms with Gasteiger partial charge >= 0.3 is 5.97 Å². The Balaban J connectivity index is 1.70. The number of nitrogens with zero attached hydrogens (tertiary/aromatic N) is 2. The highest BCUT2D eigenvalue weighted by Gasteiger charge is 2.22. The van der Waals surface area contributed by atoms with Crippen molar-refractivity contribution in [3.05, 3.63) is 88.2 Å². The number of carbonyl (C=O) groups is 1. The number of carboxylic acid groups (broad SMARTS) is 1. The van der Waals surface area contributed by atoms with E-state index < -0.39 is 5.97 Å². The molecule has 0 saturated carbocycles. The molecule has 0 radical (unpaired) electrons. The number of aromatic nitrogens is 2. The average molecular weight is 504 g/mol. The summed E-state index contributed by atoms with van der Waals surface area (Å²) in [4.78, 5) is 11.4. The fourth-order valence-corrected chi connectivity index (χ4v) is 5.33. The molecule has 1 heterocycles. The predicted molar refractivity (Wildman–Crippen MR) is 152 cm³/mol. The highest BCUT2D eigenvalue weighted by Crippen LogP contribution is 2.24. The van der Waals surface area contributed by atoms with E-state index >= 15 is 0 Å². The van der Waals surface area contributed by atoms with Crippen molar-refractivity contribution in [3.63, 3.8) is 0 Å². The molecule has 3 rings (SSSR count). The van der Waals surface area contributed by atoms with Gasteiger partial charge in [-0.25, -0.2) is 4.68 Å². The van der Waals surface area contributed by atoms with E-state index in [0.717, 1.165) is 41.9 Å². The lowest BCUT2D eigenvalue weighted by molar-refractivity contribution is -0.136. The lowest BCUT2D eigenvalue weighted by atomic mass is 9.89. The summed E-state index contributed by atoms with van der Waals surface area (Å²) in [5.74, 6) is -0.136. The first-order valence-electron chi connectivity index (χ1n) is 14.0. The zero-order chi connectivity index (χ0) is 26.6. The van der Waals surface area contributed by atoms with Gasteiger partial charge in [-0.3, -0.25) is 10.1 Å². The van der Waals surface area contributed by atoms with E-state index in [1.54, 1.807) is 0 Å². The minimum Gasteiger partial charge on any atom is -0.481 e.